The topological polar surface area (TPSA) is 68.5 Å². The van der Waals surface area contributed by atoms with Crippen LogP contribution < -0.4 is 5.32 Å². The lowest BCUT2D eigenvalue weighted by molar-refractivity contribution is 0.533. The van der Waals surface area contributed by atoms with E-state index in [9.17, 15) is 0 Å². The van der Waals surface area contributed by atoms with Crippen molar-refractivity contribution in [1.29, 1.82) is 0 Å². The summed E-state index contributed by atoms with van der Waals surface area (Å²) in [6.45, 7) is 2.65. The van der Waals surface area contributed by atoms with Crippen molar-refractivity contribution in [2.75, 3.05) is 0 Å². The van der Waals surface area contributed by atoms with E-state index in [1.54, 1.807) is 11.0 Å². The van der Waals surface area contributed by atoms with Crippen LogP contribution in [0.1, 0.15) is 24.5 Å². The van der Waals surface area contributed by atoms with Crippen molar-refractivity contribution in [3.05, 3.63) is 34.6 Å². The molecule has 2 rings (SSSR count). The van der Waals surface area contributed by atoms with Crippen LogP contribution >= 0.6 is 15.9 Å². The number of aryl methyl sites for hydroxylation is 1. The molecule has 0 bridgehead atoms. The van der Waals surface area contributed by atoms with Gasteiger partial charge in [-0.15, -0.1) is 5.10 Å². The van der Waals surface area contributed by atoms with E-state index in [1.807, 2.05) is 26.1 Å². The number of nitrogens with one attached hydrogen (secondary N) is 1. The second-order valence-corrected chi connectivity index (χ2v) is 4.54. The first-order valence-electron chi connectivity index (χ1n) is 5.22. The molecular formula is C10H13BrN6. The summed E-state index contributed by atoms with van der Waals surface area (Å²) in [5, 5.41) is 15.5. The highest BCUT2D eigenvalue weighted by atomic mass is 79.9. The predicted octanol–water partition coefficient (Wildman–Crippen LogP) is 1.22. The third-order valence-electron chi connectivity index (χ3n) is 2.28. The summed E-state index contributed by atoms with van der Waals surface area (Å²) in [4.78, 5) is 4.19. The Hall–Kier alpha value is -1.34. The van der Waals surface area contributed by atoms with Gasteiger partial charge in [0, 0.05) is 13.6 Å². The highest BCUT2D eigenvalue weighted by Gasteiger charge is 2.09. The standard InChI is InChI=1S/C10H13BrN6/c1-7(10-13-6-17(2)16-10)12-5-8-3-4-9(11)15-14-8/h3-4,6-7,12H,5H2,1-2H3. The zero-order chi connectivity index (χ0) is 12.3. The van der Waals surface area contributed by atoms with Crippen molar-refractivity contribution in [2.45, 2.75) is 19.5 Å². The zero-order valence-corrected chi connectivity index (χ0v) is 11.2. The summed E-state index contributed by atoms with van der Waals surface area (Å²) < 4.78 is 2.42. The molecule has 1 unspecified atom stereocenters. The fourth-order valence-electron chi connectivity index (χ4n) is 1.34. The van der Waals surface area contributed by atoms with Crippen molar-refractivity contribution < 1.29 is 0 Å². The first-order valence-corrected chi connectivity index (χ1v) is 6.01. The maximum atomic E-state index is 4.24. The molecule has 0 amide bonds. The highest BCUT2D eigenvalue weighted by molar-refractivity contribution is 9.10. The fraction of sp³-hybridized carbons (Fsp3) is 0.400. The largest absolute Gasteiger partial charge is 0.302 e. The van der Waals surface area contributed by atoms with Crippen molar-refractivity contribution in [1.82, 2.24) is 30.3 Å². The Morgan fingerprint density at radius 1 is 1.41 bits per heavy atom. The van der Waals surface area contributed by atoms with Crippen molar-refractivity contribution in [3.63, 3.8) is 0 Å². The van der Waals surface area contributed by atoms with E-state index in [2.05, 4.69) is 41.5 Å². The van der Waals surface area contributed by atoms with Gasteiger partial charge < -0.3 is 5.32 Å². The Balaban J connectivity index is 1.92. The van der Waals surface area contributed by atoms with Crippen LogP contribution in [0.15, 0.2) is 23.1 Å². The average molecular weight is 297 g/mol. The van der Waals surface area contributed by atoms with Crippen molar-refractivity contribution in [2.24, 2.45) is 7.05 Å². The molecule has 0 aliphatic carbocycles. The summed E-state index contributed by atoms with van der Waals surface area (Å²) in [6.07, 6.45) is 1.69. The Kier molecular flexibility index (Phi) is 3.80. The van der Waals surface area contributed by atoms with Gasteiger partial charge in [0.25, 0.3) is 0 Å². The molecule has 7 heteroatoms. The molecule has 0 aliphatic rings. The van der Waals surface area contributed by atoms with E-state index in [0.29, 0.717) is 6.54 Å². The number of hydrogen-bond acceptors (Lipinski definition) is 5. The molecule has 17 heavy (non-hydrogen) atoms. The first-order chi connectivity index (χ1) is 8.15. The van der Waals surface area contributed by atoms with Gasteiger partial charge in [-0.3, -0.25) is 4.68 Å². The Bertz CT molecular complexity index is 480. The molecule has 6 nitrogen and oxygen atoms in total. The van der Waals surface area contributed by atoms with Crippen LogP contribution in [0.5, 0.6) is 0 Å². The Morgan fingerprint density at radius 2 is 2.24 bits per heavy atom. The minimum Gasteiger partial charge on any atom is -0.302 e. The number of halogens is 1. The molecule has 0 saturated heterocycles. The summed E-state index contributed by atoms with van der Waals surface area (Å²) in [6, 6.07) is 3.87. The molecule has 0 aliphatic heterocycles. The van der Waals surface area contributed by atoms with Gasteiger partial charge in [0.15, 0.2) is 5.82 Å². The SMILES string of the molecule is CC(NCc1ccc(Br)nn1)c1ncn(C)n1. The lowest BCUT2D eigenvalue weighted by atomic mass is 10.3. The molecule has 0 saturated carbocycles. The number of hydrogen-bond donors (Lipinski definition) is 1. The van der Waals surface area contributed by atoms with E-state index >= 15 is 0 Å². The quantitative estimate of drug-likeness (QED) is 0.919. The number of nitrogens with zero attached hydrogens (tertiary/aromatic N) is 5. The van der Waals surface area contributed by atoms with Gasteiger partial charge in [-0.25, -0.2) is 4.98 Å². The van der Waals surface area contributed by atoms with Crippen LogP contribution in [0, 0.1) is 0 Å². The Labute approximate surface area is 108 Å². The molecule has 1 atom stereocenters. The molecule has 0 fully saturated rings. The van der Waals surface area contributed by atoms with Crippen LogP contribution in [-0.2, 0) is 13.6 Å². The Morgan fingerprint density at radius 3 is 2.82 bits per heavy atom. The van der Waals surface area contributed by atoms with E-state index in [4.69, 9.17) is 0 Å². The average Bonchev–Trinajstić information content (AvgIpc) is 2.75. The third kappa shape index (κ3) is 3.31. The van der Waals surface area contributed by atoms with Crippen LogP contribution in [0.25, 0.3) is 0 Å². The molecule has 0 radical (unpaired) electrons. The molecule has 2 aromatic rings. The van der Waals surface area contributed by atoms with Gasteiger partial charge >= 0.3 is 0 Å². The van der Waals surface area contributed by atoms with E-state index in [0.717, 1.165) is 16.1 Å². The minimum absolute atomic E-state index is 0.0849. The molecule has 2 heterocycles. The van der Waals surface area contributed by atoms with Gasteiger partial charge in [-0.05, 0) is 35.0 Å². The third-order valence-corrected chi connectivity index (χ3v) is 2.70. The predicted molar refractivity (Wildman–Crippen MR) is 66.0 cm³/mol. The second kappa shape index (κ2) is 5.33. The smallest absolute Gasteiger partial charge is 0.167 e. The van der Waals surface area contributed by atoms with Gasteiger partial charge in [0.2, 0.25) is 0 Å². The molecule has 2 aromatic heterocycles. The minimum atomic E-state index is 0.0849. The molecule has 90 valence electrons. The summed E-state index contributed by atoms with van der Waals surface area (Å²) in [7, 11) is 1.85. The van der Waals surface area contributed by atoms with E-state index < -0.39 is 0 Å². The van der Waals surface area contributed by atoms with Crippen LogP contribution in [-0.4, -0.2) is 25.0 Å². The fourth-order valence-corrected chi connectivity index (χ4v) is 1.55. The summed E-state index contributed by atoms with van der Waals surface area (Å²) in [5.74, 6) is 0.776. The van der Waals surface area contributed by atoms with Gasteiger partial charge in [-0.2, -0.15) is 10.2 Å². The maximum absolute atomic E-state index is 4.24. The molecule has 0 aromatic carbocycles. The first kappa shape index (κ1) is 12.1. The summed E-state index contributed by atoms with van der Waals surface area (Å²) >= 11 is 3.25. The maximum Gasteiger partial charge on any atom is 0.167 e. The van der Waals surface area contributed by atoms with Gasteiger partial charge in [-0.1, -0.05) is 0 Å². The van der Waals surface area contributed by atoms with Gasteiger partial charge in [0.05, 0.1) is 11.7 Å². The second-order valence-electron chi connectivity index (χ2n) is 3.73. The van der Waals surface area contributed by atoms with Crippen LogP contribution in [0.4, 0.5) is 0 Å². The van der Waals surface area contributed by atoms with Crippen molar-refractivity contribution in [3.8, 4) is 0 Å². The highest BCUT2D eigenvalue weighted by Crippen LogP contribution is 2.07. The number of rotatable bonds is 4. The molecule has 1 N–H and O–H groups in total. The monoisotopic (exact) mass is 296 g/mol. The summed E-state index contributed by atoms with van der Waals surface area (Å²) in [5.41, 5.74) is 0.885. The number of aromatic nitrogens is 5. The normalized spacial score (nSPS) is 12.6. The lowest BCUT2D eigenvalue weighted by Crippen LogP contribution is -2.20. The van der Waals surface area contributed by atoms with Gasteiger partial charge in [0.1, 0.15) is 10.9 Å². The van der Waals surface area contributed by atoms with Crippen LogP contribution in [0.2, 0.25) is 0 Å². The van der Waals surface area contributed by atoms with E-state index in [-0.39, 0.29) is 6.04 Å². The molecular weight excluding hydrogens is 284 g/mol. The zero-order valence-electron chi connectivity index (χ0n) is 9.63. The lowest BCUT2D eigenvalue weighted by Gasteiger charge is -2.09. The molecule has 0 spiro atoms. The van der Waals surface area contributed by atoms with Crippen molar-refractivity contribution >= 4 is 15.9 Å². The van der Waals surface area contributed by atoms with Crippen LogP contribution in [0.3, 0.4) is 0 Å². The van der Waals surface area contributed by atoms with E-state index in [1.165, 1.54) is 0 Å².